The van der Waals surface area contributed by atoms with Gasteiger partial charge in [0.15, 0.2) is 0 Å². The summed E-state index contributed by atoms with van der Waals surface area (Å²) in [6.07, 6.45) is 7.30. The normalized spacial score (nSPS) is 11.3. The first-order chi connectivity index (χ1) is 16.6. The van der Waals surface area contributed by atoms with Gasteiger partial charge in [-0.15, -0.1) is 0 Å². The summed E-state index contributed by atoms with van der Waals surface area (Å²) in [5.41, 5.74) is 3.06. The molecule has 0 saturated carbocycles. The average molecular weight is 448 g/mol. The Hall–Kier alpha value is -4.78. The van der Waals surface area contributed by atoms with E-state index in [0.29, 0.717) is 29.0 Å². The number of carboxylic acid groups (broad SMARTS) is 1. The van der Waals surface area contributed by atoms with E-state index in [2.05, 4.69) is 5.10 Å². The molecule has 0 aliphatic rings. The van der Waals surface area contributed by atoms with Gasteiger partial charge in [-0.2, -0.15) is 5.10 Å². The van der Waals surface area contributed by atoms with Gasteiger partial charge >= 0.3 is 5.97 Å². The molecule has 0 aliphatic carbocycles. The standard InChI is InChI=1S/C27H20N4O3/c32-26-23-8-4-5-9-24(23)29-25(31(26)22-13-11-21(12-14-22)27(33)34)15-10-20-16-28-30(18-20)17-19-6-2-1-3-7-19/h1-16,18H,17H2,(H,33,34)/b15-10+. The number of para-hydroxylation sites is 1. The molecule has 2 heterocycles. The molecule has 0 saturated heterocycles. The van der Waals surface area contributed by atoms with Crippen LogP contribution in [0.4, 0.5) is 0 Å². The van der Waals surface area contributed by atoms with E-state index in [1.54, 1.807) is 42.6 Å². The van der Waals surface area contributed by atoms with Crippen LogP contribution in [0.25, 0.3) is 28.7 Å². The van der Waals surface area contributed by atoms with Gasteiger partial charge in [-0.05, 0) is 54.1 Å². The second kappa shape index (κ2) is 8.99. The Morgan fingerprint density at radius 3 is 2.41 bits per heavy atom. The third kappa shape index (κ3) is 4.27. The van der Waals surface area contributed by atoms with Crippen molar-refractivity contribution in [3.05, 3.63) is 124 Å². The molecule has 0 fully saturated rings. The lowest BCUT2D eigenvalue weighted by Crippen LogP contribution is -2.22. The Kier molecular flexibility index (Phi) is 5.58. The largest absolute Gasteiger partial charge is 0.478 e. The first-order valence-electron chi connectivity index (χ1n) is 10.7. The lowest BCUT2D eigenvalue weighted by atomic mass is 10.2. The molecule has 5 aromatic rings. The smallest absolute Gasteiger partial charge is 0.335 e. The van der Waals surface area contributed by atoms with Gasteiger partial charge < -0.3 is 5.11 Å². The summed E-state index contributed by atoms with van der Waals surface area (Å²) in [6, 6.07) is 23.4. The van der Waals surface area contributed by atoms with Gasteiger partial charge in [0, 0.05) is 11.8 Å². The van der Waals surface area contributed by atoms with Crippen LogP contribution in [-0.4, -0.2) is 30.4 Å². The highest BCUT2D eigenvalue weighted by Gasteiger charge is 2.12. The minimum absolute atomic E-state index is 0.147. The molecule has 7 nitrogen and oxygen atoms in total. The van der Waals surface area contributed by atoms with Crippen molar-refractivity contribution in [2.45, 2.75) is 6.54 Å². The fourth-order valence-electron chi connectivity index (χ4n) is 3.76. The third-order valence-electron chi connectivity index (χ3n) is 5.44. The predicted molar refractivity (Wildman–Crippen MR) is 131 cm³/mol. The number of aromatic carboxylic acids is 1. The molecule has 166 valence electrons. The van der Waals surface area contributed by atoms with Gasteiger partial charge in [-0.3, -0.25) is 14.0 Å². The Morgan fingerprint density at radius 1 is 0.912 bits per heavy atom. The fraction of sp³-hybridized carbons (Fsp3) is 0.0370. The molecular weight excluding hydrogens is 428 g/mol. The van der Waals surface area contributed by atoms with E-state index in [0.717, 1.165) is 11.1 Å². The van der Waals surface area contributed by atoms with Crippen LogP contribution in [0, 0.1) is 0 Å². The first kappa shape index (κ1) is 21.1. The van der Waals surface area contributed by atoms with Crippen LogP contribution in [0.1, 0.15) is 27.3 Å². The summed E-state index contributed by atoms with van der Waals surface area (Å²) >= 11 is 0. The molecule has 0 radical (unpaired) electrons. The van der Waals surface area contributed by atoms with Crippen LogP contribution in [0.5, 0.6) is 0 Å². The van der Waals surface area contributed by atoms with Gasteiger partial charge in [0.25, 0.3) is 5.56 Å². The lowest BCUT2D eigenvalue weighted by molar-refractivity contribution is 0.0697. The predicted octanol–water partition coefficient (Wildman–Crippen LogP) is 4.50. The van der Waals surface area contributed by atoms with Gasteiger partial charge in [0.05, 0.1) is 34.9 Å². The second-order valence-corrected chi connectivity index (χ2v) is 7.77. The van der Waals surface area contributed by atoms with Gasteiger partial charge in [-0.25, -0.2) is 9.78 Å². The SMILES string of the molecule is O=C(O)c1ccc(-n2c(/C=C/c3cnn(Cc4ccccc4)c3)nc3ccccc3c2=O)cc1. The fourth-order valence-corrected chi connectivity index (χ4v) is 3.76. The molecule has 0 atom stereocenters. The van der Waals surface area contributed by atoms with Crippen LogP contribution in [0.2, 0.25) is 0 Å². The molecule has 0 aliphatic heterocycles. The summed E-state index contributed by atoms with van der Waals surface area (Å²) in [4.78, 5) is 29.3. The summed E-state index contributed by atoms with van der Waals surface area (Å²) in [6.45, 7) is 0.656. The van der Waals surface area contributed by atoms with Crippen molar-refractivity contribution < 1.29 is 9.90 Å². The molecule has 2 aromatic heterocycles. The average Bonchev–Trinajstić information content (AvgIpc) is 3.31. The third-order valence-corrected chi connectivity index (χ3v) is 5.44. The van der Waals surface area contributed by atoms with Crippen molar-refractivity contribution in [2.24, 2.45) is 0 Å². The number of carbonyl (C=O) groups is 1. The number of hydrogen-bond donors (Lipinski definition) is 1. The number of aromatic nitrogens is 4. The zero-order valence-electron chi connectivity index (χ0n) is 18.1. The van der Waals surface area contributed by atoms with E-state index in [1.165, 1.54) is 16.7 Å². The zero-order chi connectivity index (χ0) is 23.5. The molecule has 0 unspecified atom stereocenters. The van der Waals surface area contributed by atoms with Crippen molar-refractivity contribution in [3.8, 4) is 5.69 Å². The first-order valence-corrected chi connectivity index (χ1v) is 10.7. The number of benzene rings is 3. The molecule has 34 heavy (non-hydrogen) atoms. The van der Waals surface area contributed by atoms with Crippen molar-refractivity contribution in [2.75, 3.05) is 0 Å². The maximum Gasteiger partial charge on any atom is 0.335 e. The maximum absolute atomic E-state index is 13.3. The van der Waals surface area contributed by atoms with Crippen LogP contribution in [0.3, 0.4) is 0 Å². The van der Waals surface area contributed by atoms with Crippen molar-refractivity contribution in [1.29, 1.82) is 0 Å². The Labute approximate surface area is 194 Å². The van der Waals surface area contributed by atoms with E-state index in [-0.39, 0.29) is 11.1 Å². The quantitative estimate of drug-likeness (QED) is 0.413. The Morgan fingerprint density at radius 2 is 1.65 bits per heavy atom. The monoisotopic (exact) mass is 448 g/mol. The Bertz CT molecular complexity index is 1570. The molecule has 7 heteroatoms. The minimum Gasteiger partial charge on any atom is -0.478 e. The van der Waals surface area contributed by atoms with Gasteiger partial charge in [0.2, 0.25) is 0 Å². The molecule has 0 spiro atoms. The molecule has 5 rings (SSSR count). The maximum atomic E-state index is 13.3. The molecule has 0 amide bonds. The highest BCUT2D eigenvalue weighted by molar-refractivity contribution is 5.88. The van der Waals surface area contributed by atoms with Crippen LogP contribution in [-0.2, 0) is 6.54 Å². The topological polar surface area (TPSA) is 90.0 Å². The van der Waals surface area contributed by atoms with Crippen molar-refractivity contribution >= 4 is 29.0 Å². The highest BCUT2D eigenvalue weighted by Crippen LogP contribution is 2.16. The number of carboxylic acids is 1. The number of rotatable bonds is 6. The highest BCUT2D eigenvalue weighted by atomic mass is 16.4. The van der Waals surface area contributed by atoms with Gasteiger partial charge in [-0.1, -0.05) is 42.5 Å². The number of hydrogen-bond acceptors (Lipinski definition) is 4. The van der Waals surface area contributed by atoms with Crippen LogP contribution >= 0.6 is 0 Å². The lowest BCUT2D eigenvalue weighted by Gasteiger charge is -2.11. The van der Waals surface area contributed by atoms with E-state index in [1.807, 2.05) is 53.4 Å². The summed E-state index contributed by atoms with van der Waals surface area (Å²) in [5.74, 6) is -0.592. The number of nitrogens with zero attached hydrogens (tertiary/aromatic N) is 4. The van der Waals surface area contributed by atoms with Crippen molar-refractivity contribution in [3.63, 3.8) is 0 Å². The zero-order valence-corrected chi connectivity index (χ0v) is 18.1. The van der Waals surface area contributed by atoms with E-state index in [4.69, 9.17) is 4.98 Å². The van der Waals surface area contributed by atoms with Crippen molar-refractivity contribution in [1.82, 2.24) is 19.3 Å². The minimum atomic E-state index is -1.02. The van der Waals surface area contributed by atoms with E-state index in [9.17, 15) is 14.7 Å². The van der Waals surface area contributed by atoms with Crippen LogP contribution in [0.15, 0.2) is 96.1 Å². The molecule has 3 aromatic carbocycles. The van der Waals surface area contributed by atoms with E-state index >= 15 is 0 Å². The molecular formula is C27H20N4O3. The molecule has 0 bridgehead atoms. The molecule has 1 N–H and O–H groups in total. The second-order valence-electron chi connectivity index (χ2n) is 7.77. The number of fused-ring (bicyclic) bond motifs is 1. The van der Waals surface area contributed by atoms with Crippen LogP contribution < -0.4 is 5.56 Å². The summed E-state index contributed by atoms with van der Waals surface area (Å²) in [5, 5.41) is 14.1. The summed E-state index contributed by atoms with van der Waals surface area (Å²) < 4.78 is 3.33. The Balaban J connectivity index is 1.54. The van der Waals surface area contributed by atoms with E-state index < -0.39 is 5.97 Å². The summed E-state index contributed by atoms with van der Waals surface area (Å²) in [7, 11) is 0. The van der Waals surface area contributed by atoms with Gasteiger partial charge in [0.1, 0.15) is 5.82 Å².